The molecule has 2 aromatic carbocycles. The van der Waals surface area contributed by atoms with Gasteiger partial charge in [-0.05, 0) is 31.5 Å². The first kappa shape index (κ1) is 20.7. The number of carbonyl (C=O) groups excluding carboxylic acids is 1. The molecule has 0 radical (unpaired) electrons. The molecule has 29 heavy (non-hydrogen) atoms. The molecule has 0 spiro atoms. The van der Waals surface area contributed by atoms with Gasteiger partial charge in [-0.2, -0.15) is 0 Å². The van der Waals surface area contributed by atoms with Gasteiger partial charge in [0.2, 0.25) is 15.7 Å². The Bertz CT molecular complexity index is 1110. The zero-order valence-electron chi connectivity index (χ0n) is 15.8. The van der Waals surface area contributed by atoms with Crippen LogP contribution in [0.5, 0.6) is 0 Å². The van der Waals surface area contributed by atoms with E-state index in [2.05, 4.69) is 15.5 Å². The van der Waals surface area contributed by atoms with Crippen LogP contribution in [0.3, 0.4) is 0 Å². The van der Waals surface area contributed by atoms with Crippen LogP contribution in [-0.4, -0.2) is 31.1 Å². The van der Waals surface area contributed by atoms with E-state index in [0.29, 0.717) is 24.9 Å². The van der Waals surface area contributed by atoms with Gasteiger partial charge >= 0.3 is 5.22 Å². The monoisotopic (exact) mass is 417 g/mol. The van der Waals surface area contributed by atoms with Gasteiger partial charge in [0.15, 0.2) is 0 Å². The van der Waals surface area contributed by atoms with Crippen molar-refractivity contribution < 1.29 is 22.0 Å². The predicted octanol–water partition coefficient (Wildman–Crippen LogP) is 2.85. The summed E-state index contributed by atoms with van der Waals surface area (Å²) in [6.07, 6.45) is 0.795. The first-order chi connectivity index (χ1) is 13.8. The quantitative estimate of drug-likeness (QED) is 0.566. The van der Waals surface area contributed by atoms with Crippen molar-refractivity contribution >= 4 is 15.7 Å². The van der Waals surface area contributed by atoms with E-state index in [1.807, 2.05) is 19.1 Å². The maximum atomic E-state index is 13.7. The maximum Gasteiger partial charge on any atom is 0.335 e. The average molecular weight is 417 g/mol. The molecule has 9 heteroatoms. The summed E-state index contributed by atoms with van der Waals surface area (Å²) in [5.74, 6) is -1.22. The number of hydrogen-bond donors (Lipinski definition) is 1. The van der Waals surface area contributed by atoms with Crippen molar-refractivity contribution in [1.29, 1.82) is 0 Å². The van der Waals surface area contributed by atoms with Crippen molar-refractivity contribution in [3.8, 4) is 0 Å². The fourth-order valence-corrected chi connectivity index (χ4v) is 3.83. The Morgan fingerprint density at radius 2 is 1.93 bits per heavy atom. The minimum Gasteiger partial charge on any atom is -0.413 e. The van der Waals surface area contributed by atoms with Crippen LogP contribution in [0.15, 0.2) is 58.2 Å². The molecule has 0 aliphatic carbocycles. The van der Waals surface area contributed by atoms with Gasteiger partial charge in [0.25, 0.3) is 5.91 Å². The number of nitrogens with one attached hydrogen (secondary N) is 1. The van der Waals surface area contributed by atoms with E-state index >= 15 is 0 Å². The molecule has 0 saturated carbocycles. The summed E-state index contributed by atoms with van der Waals surface area (Å²) >= 11 is 0. The summed E-state index contributed by atoms with van der Waals surface area (Å²) in [7, 11) is -3.95. The number of sulfone groups is 1. The Morgan fingerprint density at radius 3 is 2.69 bits per heavy atom. The van der Waals surface area contributed by atoms with E-state index in [1.165, 1.54) is 18.2 Å². The summed E-state index contributed by atoms with van der Waals surface area (Å²) in [4.78, 5) is 12.1. The third-order valence-corrected chi connectivity index (χ3v) is 5.54. The fourth-order valence-electron chi connectivity index (χ4n) is 2.68. The van der Waals surface area contributed by atoms with Crippen molar-refractivity contribution in [3.05, 3.63) is 76.9 Å². The standard InChI is InChI=1S/C20H20FN3O4S/c1-14-6-4-8-15(12-14)19(25)22-11-5-10-18-23-24-20(28-18)29(26,27)13-16-7-2-3-9-17(16)21/h2-4,6-9,12H,5,10-11,13H2,1H3,(H,22,25). The molecule has 152 valence electrons. The van der Waals surface area contributed by atoms with Crippen molar-refractivity contribution in [2.75, 3.05) is 6.54 Å². The molecule has 1 amide bonds. The lowest BCUT2D eigenvalue weighted by Gasteiger charge is -2.05. The number of aromatic nitrogens is 2. The lowest BCUT2D eigenvalue weighted by atomic mass is 10.1. The Hall–Kier alpha value is -3.07. The van der Waals surface area contributed by atoms with E-state index in [1.54, 1.807) is 18.2 Å². The molecule has 0 aliphatic rings. The first-order valence-corrected chi connectivity index (χ1v) is 10.6. The average Bonchev–Trinajstić information content (AvgIpc) is 3.17. The molecular weight excluding hydrogens is 397 g/mol. The minimum absolute atomic E-state index is 0.0334. The second kappa shape index (κ2) is 8.95. The van der Waals surface area contributed by atoms with Gasteiger partial charge < -0.3 is 9.73 Å². The van der Waals surface area contributed by atoms with Crippen molar-refractivity contribution in [3.63, 3.8) is 0 Å². The normalized spacial score (nSPS) is 11.4. The van der Waals surface area contributed by atoms with Gasteiger partial charge in [0.05, 0.1) is 5.75 Å². The SMILES string of the molecule is Cc1cccc(C(=O)NCCCc2nnc(S(=O)(=O)Cc3ccccc3F)o2)c1. The second-order valence-corrected chi connectivity index (χ2v) is 8.41. The maximum absolute atomic E-state index is 13.7. The largest absolute Gasteiger partial charge is 0.413 e. The summed E-state index contributed by atoms with van der Waals surface area (Å²) < 4.78 is 43.6. The molecule has 0 saturated heterocycles. The number of rotatable bonds is 8. The molecule has 0 aliphatic heterocycles. The Balaban J connectivity index is 1.52. The number of halogens is 1. The highest BCUT2D eigenvalue weighted by Gasteiger charge is 2.24. The van der Waals surface area contributed by atoms with Gasteiger partial charge in [-0.25, -0.2) is 12.8 Å². The Morgan fingerprint density at radius 1 is 1.14 bits per heavy atom. The smallest absolute Gasteiger partial charge is 0.335 e. The molecule has 1 N–H and O–H groups in total. The highest BCUT2D eigenvalue weighted by molar-refractivity contribution is 7.90. The van der Waals surface area contributed by atoms with E-state index in [-0.39, 0.29) is 17.4 Å². The van der Waals surface area contributed by atoms with Crippen LogP contribution in [0.2, 0.25) is 0 Å². The number of carbonyl (C=O) groups is 1. The lowest BCUT2D eigenvalue weighted by molar-refractivity contribution is 0.0953. The number of amides is 1. The topological polar surface area (TPSA) is 102 Å². The summed E-state index contributed by atoms with van der Waals surface area (Å²) in [5, 5.41) is 9.54. The summed E-state index contributed by atoms with van der Waals surface area (Å²) in [6.45, 7) is 2.27. The van der Waals surface area contributed by atoms with Gasteiger partial charge in [-0.15, -0.1) is 5.10 Å². The highest BCUT2D eigenvalue weighted by atomic mass is 32.2. The van der Waals surface area contributed by atoms with Gasteiger partial charge in [-0.3, -0.25) is 4.79 Å². The van der Waals surface area contributed by atoms with E-state index < -0.39 is 26.6 Å². The first-order valence-electron chi connectivity index (χ1n) is 8.98. The molecule has 3 rings (SSSR count). The van der Waals surface area contributed by atoms with Crippen molar-refractivity contribution in [1.82, 2.24) is 15.5 Å². The molecule has 0 unspecified atom stereocenters. The van der Waals surface area contributed by atoms with Crippen molar-refractivity contribution in [2.24, 2.45) is 0 Å². The van der Waals surface area contributed by atoms with Crippen LogP contribution in [-0.2, 0) is 22.0 Å². The second-order valence-electron chi connectivity index (χ2n) is 6.54. The Kier molecular flexibility index (Phi) is 6.38. The van der Waals surface area contributed by atoms with Gasteiger partial charge in [-0.1, -0.05) is 41.0 Å². The lowest BCUT2D eigenvalue weighted by Crippen LogP contribution is -2.24. The van der Waals surface area contributed by atoms with Crippen molar-refractivity contribution in [2.45, 2.75) is 30.7 Å². The van der Waals surface area contributed by atoms with Crippen LogP contribution in [0, 0.1) is 12.7 Å². The molecule has 7 nitrogen and oxygen atoms in total. The highest BCUT2D eigenvalue weighted by Crippen LogP contribution is 2.17. The van der Waals surface area contributed by atoms with Crippen LogP contribution in [0.1, 0.15) is 33.8 Å². The fraction of sp³-hybridized carbons (Fsp3) is 0.250. The van der Waals surface area contributed by atoms with E-state index in [9.17, 15) is 17.6 Å². The molecule has 1 heterocycles. The zero-order valence-corrected chi connectivity index (χ0v) is 16.6. The van der Waals surface area contributed by atoms with E-state index in [0.717, 1.165) is 5.56 Å². The molecule has 0 fully saturated rings. The van der Waals surface area contributed by atoms with Crippen LogP contribution >= 0.6 is 0 Å². The number of aryl methyl sites for hydroxylation is 2. The molecule has 0 bridgehead atoms. The molecule has 3 aromatic rings. The predicted molar refractivity (Wildman–Crippen MR) is 103 cm³/mol. The molecular formula is C20H20FN3O4S. The minimum atomic E-state index is -3.95. The Labute approximate surface area is 167 Å². The zero-order chi connectivity index (χ0) is 20.9. The number of benzene rings is 2. The summed E-state index contributed by atoms with van der Waals surface area (Å²) in [6, 6.07) is 12.9. The van der Waals surface area contributed by atoms with Gasteiger partial charge in [0, 0.05) is 24.1 Å². The number of hydrogen-bond acceptors (Lipinski definition) is 6. The van der Waals surface area contributed by atoms with Crippen LogP contribution in [0.4, 0.5) is 4.39 Å². The molecule has 1 aromatic heterocycles. The van der Waals surface area contributed by atoms with E-state index in [4.69, 9.17) is 4.42 Å². The third kappa shape index (κ3) is 5.47. The van der Waals surface area contributed by atoms with Gasteiger partial charge in [0.1, 0.15) is 5.82 Å². The van der Waals surface area contributed by atoms with Crippen LogP contribution in [0.25, 0.3) is 0 Å². The summed E-state index contributed by atoms with van der Waals surface area (Å²) in [5.41, 5.74) is 1.60. The third-order valence-electron chi connectivity index (χ3n) is 4.15. The van der Waals surface area contributed by atoms with Crippen LogP contribution < -0.4 is 5.32 Å². The number of nitrogens with zero attached hydrogens (tertiary/aromatic N) is 2. The molecule has 0 atom stereocenters.